The summed E-state index contributed by atoms with van der Waals surface area (Å²) >= 11 is 0. The molecule has 20 heavy (non-hydrogen) atoms. The predicted molar refractivity (Wildman–Crippen MR) is 78.8 cm³/mol. The highest BCUT2D eigenvalue weighted by molar-refractivity contribution is 5.99. The zero-order chi connectivity index (χ0) is 14.4. The van der Waals surface area contributed by atoms with Crippen molar-refractivity contribution in [3.63, 3.8) is 0 Å². The van der Waals surface area contributed by atoms with Crippen LogP contribution in [0.4, 0.5) is 5.69 Å². The molecule has 2 aromatic heterocycles. The van der Waals surface area contributed by atoms with Crippen molar-refractivity contribution in [2.45, 2.75) is 19.3 Å². The molecule has 5 nitrogen and oxygen atoms in total. The van der Waals surface area contributed by atoms with E-state index in [2.05, 4.69) is 21.9 Å². The first-order valence-corrected chi connectivity index (χ1v) is 6.45. The third kappa shape index (κ3) is 3.32. The Balaban J connectivity index is 2.20. The minimum absolute atomic E-state index is 0.0380. The van der Waals surface area contributed by atoms with Gasteiger partial charge in [0.05, 0.1) is 18.3 Å². The number of allylic oxidation sites excluding steroid dienone is 1. The molecule has 0 aliphatic heterocycles. The molecule has 1 amide bonds. The third-order valence-electron chi connectivity index (χ3n) is 2.85. The van der Waals surface area contributed by atoms with Crippen LogP contribution in [0.15, 0.2) is 37.1 Å². The van der Waals surface area contributed by atoms with Gasteiger partial charge in [-0.3, -0.25) is 9.78 Å². The lowest BCUT2D eigenvalue weighted by atomic mass is 10.2. The molecule has 1 N–H and O–H groups in total. The average molecular weight is 271 g/mol. The number of pyridine rings is 2. The molecule has 5 heteroatoms. The normalized spacial score (nSPS) is 10.2. The molecular formula is C15H17N3O2. The maximum Gasteiger partial charge on any atom is 0.224 e. The number of carbonyl (C=O) groups excluding carboxylic acids is 1. The standard InChI is InChI=1S/C15H17N3O2/c1-3-4-5-6-13(19)17-12-9-10-16-11-7-8-14(20-2)18-15(11)12/h3,7-10H,1,4-6H2,2H3,(H,16,17,19). The topological polar surface area (TPSA) is 64.1 Å². The van der Waals surface area contributed by atoms with Gasteiger partial charge in [0.25, 0.3) is 0 Å². The van der Waals surface area contributed by atoms with Crippen molar-refractivity contribution in [1.29, 1.82) is 0 Å². The van der Waals surface area contributed by atoms with Crippen LogP contribution in [0.3, 0.4) is 0 Å². The minimum Gasteiger partial charge on any atom is -0.481 e. The molecule has 0 fully saturated rings. The smallest absolute Gasteiger partial charge is 0.224 e. The molecule has 0 radical (unpaired) electrons. The first-order chi connectivity index (χ1) is 9.74. The fourth-order valence-corrected chi connectivity index (χ4v) is 1.84. The van der Waals surface area contributed by atoms with E-state index in [0.29, 0.717) is 23.5 Å². The molecule has 0 bridgehead atoms. The Bertz CT molecular complexity index is 626. The number of nitrogens with zero attached hydrogens (tertiary/aromatic N) is 2. The van der Waals surface area contributed by atoms with E-state index in [1.807, 2.05) is 12.1 Å². The van der Waals surface area contributed by atoms with Crippen LogP contribution in [0, 0.1) is 0 Å². The number of unbranched alkanes of at least 4 members (excludes halogenated alkanes) is 1. The molecule has 0 aromatic carbocycles. The quantitative estimate of drug-likeness (QED) is 0.648. The lowest BCUT2D eigenvalue weighted by Gasteiger charge is -2.08. The van der Waals surface area contributed by atoms with Crippen LogP contribution in [0.5, 0.6) is 5.88 Å². The van der Waals surface area contributed by atoms with Crippen LogP contribution in [0.2, 0.25) is 0 Å². The monoisotopic (exact) mass is 271 g/mol. The number of methoxy groups -OCH3 is 1. The first kappa shape index (κ1) is 14.0. The summed E-state index contributed by atoms with van der Waals surface area (Å²) in [7, 11) is 1.55. The Labute approximate surface area is 117 Å². The SMILES string of the molecule is C=CCCCC(=O)Nc1ccnc2ccc(OC)nc12. The fourth-order valence-electron chi connectivity index (χ4n) is 1.84. The van der Waals surface area contributed by atoms with E-state index in [1.54, 1.807) is 25.4 Å². The van der Waals surface area contributed by atoms with Gasteiger partial charge in [0, 0.05) is 18.7 Å². The van der Waals surface area contributed by atoms with Crippen molar-refractivity contribution < 1.29 is 9.53 Å². The molecule has 104 valence electrons. The molecule has 2 heterocycles. The molecule has 0 aliphatic rings. The van der Waals surface area contributed by atoms with Crippen LogP contribution in [0.25, 0.3) is 11.0 Å². The van der Waals surface area contributed by atoms with Gasteiger partial charge in [0.1, 0.15) is 5.52 Å². The van der Waals surface area contributed by atoms with Crippen LogP contribution in [0.1, 0.15) is 19.3 Å². The van der Waals surface area contributed by atoms with Crippen LogP contribution in [-0.4, -0.2) is 23.0 Å². The van der Waals surface area contributed by atoms with Crippen molar-refractivity contribution in [1.82, 2.24) is 9.97 Å². The molecule has 0 spiro atoms. The van der Waals surface area contributed by atoms with Gasteiger partial charge in [-0.2, -0.15) is 0 Å². The Morgan fingerprint density at radius 1 is 1.45 bits per heavy atom. The number of rotatable bonds is 6. The van der Waals surface area contributed by atoms with E-state index in [0.717, 1.165) is 18.4 Å². The summed E-state index contributed by atoms with van der Waals surface area (Å²) in [6.45, 7) is 3.64. The van der Waals surface area contributed by atoms with E-state index in [9.17, 15) is 4.79 Å². The second-order valence-electron chi connectivity index (χ2n) is 4.31. The zero-order valence-electron chi connectivity index (χ0n) is 11.4. The van der Waals surface area contributed by atoms with Gasteiger partial charge in [-0.25, -0.2) is 4.98 Å². The second kappa shape index (κ2) is 6.65. The first-order valence-electron chi connectivity index (χ1n) is 6.45. The number of amides is 1. The third-order valence-corrected chi connectivity index (χ3v) is 2.85. The Hall–Kier alpha value is -2.43. The Kier molecular flexibility index (Phi) is 4.65. The zero-order valence-corrected chi connectivity index (χ0v) is 11.4. The second-order valence-corrected chi connectivity index (χ2v) is 4.31. The number of fused-ring (bicyclic) bond motifs is 1. The molecule has 0 atom stereocenters. The number of hydrogen-bond donors (Lipinski definition) is 1. The molecule has 0 unspecified atom stereocenters. The van der Waals surface area contributed by atoms with Gasteiger partial charge in [0.15, 0.2) is 0 Å². The van der Waals surface area contributed by atoms with Crippen molar-refractivity contribution in [3.8, 4) is 5.88 Å². The van der Waals surface area contributed by atoms with Gasteiger partial charge in [-0.15, -0.1) is 6.58 Å². The van der Waals surface area contributed by atoms with Crippen molar-refractivity contribution >= 4 is 22.6 Å². The van der Waals surface area contributed by atoms with Crippen LogP contribution >= 0.6 is 0 Å². The molecule has 2 rings (SSSR count). The van der Waals surface area contributed by atoms with E-state index in [-0.39, 0.29) is 5.91 Å². The number of ether oxygens (including phenoxy) is 1. The highest BCUT2D eigenvalue weighted by Gasteiger charge is 2.08. The summed E-state index contributed by atoms with van der Waals surface area (Å²) in [5, 5.41) is 2.86. The maximum absolute atomic E-state index is 11.9. The van der Waals surface area contributed by atoms with Crippen molar-refractivity contribution in [2.75, 3.05) is 12.4 Å². The summed E-state index contributed by atoms with van der Waals surface area (Å²) < 4.78 is 5.10. The average Bonchev–Trinajstić information content (AvgIpc) is 2.47. The Morgan fingerprint density at radius 2 is 2.30 bits per heavy atom. The highest BCUT2D eigenvalue weighted by atomic mass is 16.5. The summed E-state index contributed by atoms with van der Waals surface area (Å²) in [6, 6.07) is 5.29. The van der Waals surface area contributed by atoms with Gasteiger partial charge >= 0.3 is 0 Å². The minimum atomic E-state index is -0.0380. The van der Waals surface area contributed by atoms with Crippen LogP contribution < -0.4 is 10.1 Å². The number of nitrogens with one attached hydrogen (secondary N) is 1. The summed E-state index contributed by atoms with van der Waals surface area (Å²) in [4.78, 5) is 20.4. The molecular weight excluding hydrogens is 254 g/mol. The van der Waals surface area contributed by atoms with Gasteiger partial charge in [-0.05, 0) is 25.0 Å². The van der Waals surface area contributed by atoms with E-state index in [4.69, 9.17) is 4.74 Å². The Morgan fingerprint density at radius 3 is 3.05 bits per heavy atom. The maximum atomic E-state index is 11.9. The highest BCUT2D eigenvalue weighted by Crippen LogP contribution is 2.22. The van der Waals surface area contributed by atoms with E-state index < -0.39 is 0 Å². The molecule has 2 aromatic rings. The molecule has 0 aliphatic carbocycles. The summed E-state index contributed by atoms with van der Waals surface area (Å²) in [5.41, 5.74) is 2.00. The lowest BCUT2D eigenvalue weighted by Crippen LogP contribution is -2.11. The van der Waals surface area contributed by atoms with Crippen LogP contribution in [-0.2, 0) is 4.79 Å². The number of hydrogen-bond acceptors (Lipinski definition) is 4. The van der Waals surface area contributed by atoms with Crippen molar-refractivity contribution in [3.05, 3.63) is 37.1 Å². The lowest BCUT2D eigenvalue weighted by molar-refractivity contribution is -0.116. The number of anilines is 1. The van der Waals surface area contributed by atoms with Gasteiger partial charge < -0.3 is 10.1 Å². The van der Waals surface area contributed by atoms with E-state index in [1.165, 1.54) is 0 Å². The number of aromatic nitrogens is 2. The molecule has 0 saturated heterocycles. The molecule has 0 saturated carbocycles. The van der Waals surface area contributed by atoms with Crippen molar-refractivity contribution in [2.24, 2.45) is 0 Å². The van der Waals surface area contributed by atoms with E-state index >= 15 is 0 Å². The fraction of sp³-hybridized carbons (Fsp3) is 0.267. The largest absolute Gasteiger partial charge is 0.481 e. The van der Waals surface area contributed by atoms with Gasteiger partial charge in [-0.1, -0.05) is 6.08 Å². The summed E-state index contributed by atoms with van der Waals surface area (Å²) in [5.74, 6) is 0.455. The predicted octanol–water partition coefficient (Wildman–Crippen LogP) is 2.93. The summed E-state index contributed by atoms with van der Waals surface area (Å²) in [6.07, 6.45) is 5.53. The van der Waals surface area contributed by atoms with Gasteiger partial charge in [0.2, 0.25) is 11.8 Å². The number of carbonyl (C=O) groups is 1.